The molecule has 0 aliphatic carbocycles. The molecule has 1 N–H and O–H groups in total. The number of carboxylic acid groups (broad SMARTS) is 1. The standard InChI is InChI=1S/C16H28O4/c1-4-7-9-13(6-3)14(10-8-5-2)20-16(19)12-11-15(17)18/h11-14H,4-10H2,1-3H3,(H,17,18). The highest BCUT2D eigenvalue weighted by Gasteiger charge is 2.22. The van der Waals surface area contributed by atoms with Crippen molar-refractivity contribution in [2.75, 3.05) is 0 Å². The van der Waals surface area contributed by atoms with Crippen molar-refractivity contribution in [3.05, 3.63) is 12.2 Å². The molecule has 2 unspecified atom stereocenters. The van der Waals surface area contributed by atoms with Gasteiger partial charge >= 0.3 is 11.9 Å². The van der Waals surface area contributed by atoms with Crippen LogP contribution in [0.1, 0.15) is 65.7 Å². The first kappa shape index (κ1) is 18.7. The van der Waals surface area contributed by atoms with Crippen molar-refractivity contribution < 1.29 is 19.4 Å². The maximum absolute atomic E-state index is 11.6. The number of carbonyl (C=O) groups is 2. The van der Waals surface area contributed by atoms with Crippen LogP contribution in [0.2, 0.25) is 0 Å². The van der Waals surface area contributed by atoms with Crippen molar-refractivity contribution in [1.29, 1.82) is 0 Å². The van der Waals surface area contributed by atoms with Crippen molar-refractivity contribution in [3.8, 4) is 0 Å². The number of carboxylic acids is 1. The maximum atomic E-state index is 11.6. The third-order valence-corrected chi connectivity index (χ3v) is 3.45. The average Bonchev–Trinajstić information content (AvgIpc) is 2.42. The van der Waals surface area contributed by atoms with Crippen molar-refractivity contribution in [3.63, 3.8) is 0 Å². The van der Waals surface area contributed by atoms with E-state index in [0.29, 0.717) is 5.92 Å². The number of hydrogen-bond donors (Lipinski definition) is 1. The number of ether oxygens (including phenoxy) is 1. The molecule has 0 radical (unpaired) electrons. The van der Waals surface area contributed by atoms with Crippen LogP contribution in [-0.2, 0) is 14.3 Å². The van der Waals surface area contributed by atoms with Gasteiger partial charge in [-0.2, -0.15) is 0 Å². The minimum Gasteiger partial charge on any atom is -0.478 e. The predicted octanol–water partition coefficient (Wildman–Crippen LogP) is 3.95. The molecule has 0 bridgehead atoms. The second kappa shape index (κ2) is 11.5. The van der Waals surface area contributed by atoms with Gasteiger partial charge in [0.15, 0.2) is 0 Å². The van der Waals surface area contributed by atoms with E-state index in [1.165, 1.54) is 0 Å². The third-order valence-electron chi connectivity index (χ3n) is 3.45. The van der Waals surface area contributed by atoms with Gasteiger partial charge in [0.2, 0.25) is 0 Å². The zero-order valence-electron chi connectivity index (χ0n) is 12.9. The van der Waals surface area contributed by atoms with Gasteiger partial charge in [0.05, 0.1) is 0 Å². The summed E-state index contributed by atoms with van der Waals surface area (Å²) in [7, 11) is 0. The fourth-order valence-corrected chi connectivity index (χ4v) is 2.24. The Hall–Kier alpha value is -1.32. The van der Waals surface area contributed by atoms with E-state index in [1.807, 2.05) is 0 Å². The van der Waals surface area contributed by atoms with Crippen LogP contribution >= 0.6 is 0 Å². The number of esters is 1. The fourth-order valence-electron chi connectivity index (χ4n) is 2.24. The lowest BCUT2D eigenvalue weighted by atomic mass is 9.90. The minimum atomic E-state index is -1.13. The highest BCUT2D eigenvalue weighted by atomic mass is 16.5. The van der Waals surface area contributed by atoms with Crippen LogP contribution < -0.4 is 0 Å². The Balaban J connectivity index is 4.58. The van der Waals surface area contributed by atoms with Crippen LogP contribution in [0.4, 0.5) is 0 Å². The number of unbranched alkanes of at least 4 members (excludes halogenated alkanes) is 2. The highest BCUT2D eigenvalue weighted by molar-refractivity contribution is 5.90. The average molecular weight is 284 g/mol. The van der Waals surface area contributed by atoms with E-state index in [0.717, 1.165) is 57.1 Å². The van der Waals surface area contributed by atoms with Crippen molar-refractivity contribution in [1.82, 2.24) is 0 Å². The molecule has 0 aliphatic heterocycles. The molecule has 0 amide bonds. The Morgan fingerprint density at radius 2 is 1.65 bits per heavy atom. The van der Waals surface area contributed by atoms with E-state index in [9.17, 15) is 9.59 Å². The molecule has 0 heterocycles. The molecule has 20 heavy (non-hydrogen) atoms. The normalized spacial score (nSPS) is 14.2. The molecule has 0 aliphatic rings. The lowest BCUT2D eigenvalue weighted by Crippen LogP contribution is -2.26. The third kappa shape index (κ3) is 8.73. The van der Waals surface area contributed by atoms with Crippen LogP contribution in [0.25, 0.3) is 0 Å². The molecule has 4 heteroatoms. The van der Waals surface area contributed by atoms with Crippen LogP contribution in [0.15, 0.2) is 12.2 Å². The summed E-state index contributed by atoms with van der Waals surface area (Å²) in [6.07, 6.45) is 8.94. The zero-order chi connectivity index (χ0) is 15.4. The number of aliphatic carboxylic acids is 1. The molecule has 0 aromatic rings. The highest BCUT2D eigenvalue weighted by Crippen LogP contribution is 2.23. The van der Waals surface area contributed by atoms with Crippen molar-refractivity contribution in [2.45, 2.75) is 71.8 Å². The van der Waals surface area contributed by atoms with Gasteiger partial charge in [-0.25, -0.2) is 9.59 Å². The van der Waals surface area contributed by atoms with Gasteiger partial charge in [-0.15, -0.1) is 0 Å². The summed E-state index contributed by atoms with van der Waals surface area (Å²) in [6, 6.07) is 0. The summed E-state index contributed by atoms with van der Waals surface area (Å²) in [4.78, 5) is 22.0. The van der Waals surface area contributed by atoms with E-state index < -0.39 is 11.9 Å². The van der Waals surface area contributed by atoms with Gasteiger partial charge in [-0.05, 0) is 25.2 Å². The van der Waals surface area contributed by atoms with Crippen LogP contribution in [0.3, 0.4) is 0 Å². The lowest BCUT2D eigenvalue weighted by molar-refractivity contribution is -0.147. The minimum absolute atomic E-state index is 0.0996. The van der Waals surface area contributed by atoms with Crippen LogP contribution in [0.5, 0.6) is 0 Å². The smallest absolute Gasteiger partial charge is 0.331 e. The Kier molecular flexibility index (Phi) is 10.7. The topological polar surface area (TPSA) is 63.6 Å². The Morgan fingerprint density at radius 3 is 2.15 bits per heavy atom. The van der Waals surface area contributed by atoms with Gasteiger partial charge in [0.25, 0.3) is 0 Å². The second-order valence-corrected chi connectivity index (χ2v) is 5.10. The number of rotatable bonds is 11. The summed E-state index contributed by atoms with van der Waals surface area (Å²) in [5.74, 6) is -1.32. The van der Waals surface area contributed by atoms with Crippen molar-refractivity contribution >= 4 is 11.9 Å². The van der Waals surface area contributed by atoms with Gasteiger partial charge in [-0.1, -0.05) is 46.5 Å². The molecule has 0 aromatic heterocycles. The molecule has 0 aromatic carbocycles. The molecule has 0 fully saturated rings. The van der Waals surface area contributed by atoms with Gasteiger partial charge in [-0.3, -0.25) is 0 Å². The van der Waals surface area contributed by atoms with E-state index in [-0.39, 0.29) is 6.10 Å². The van der Waals surface area contributed by atoms with E-state index in [1.54, 1.807) is 0 Å². The predicted molar refractivity (Wildman–Crippen MR) is 79.5 cm³/mol. The molecule has 0 spiro atoms. The Morgan fingerprint density at radius 1 is 1.05 bits per heavy atom. The summed E-state index contributed by atoms with van der Waals surface area (Å²) < 4.78 is 5.46. The van der Waals surface area contributed by atoms with E-state index >= 15 is 0 Å². The van der Waals surface area contributed by atoms with E-state index in [2.05, 4.69) is 20.8 Å². The molecule has 0 saturated carbocycles. The number of hydrogen-bond acceptors (Lipinski definition) is 3. The lowest BCUT2D eigenvalue weighted by Gasteiger charge is -2.25. The maximum Gasteiger partial charge on any atom is 0.331 e. The summed E-state index contributed by atoms with van der Waals surface area (Å²) in [5.41, 5.74) is 0. The molecule has 4 nitrogen and oxygen atoms in total. The molecule has 0 saturated heterocycles. The zero-order valence-corrected chi connectivity index (χ0v) is 12.9. The second-order valence-electron chi connectivity index (χ2n) is 5.10. The molecule has 2 atom stereocenters. The first-order valence-corrected chi connectivity index (χ1v) is 7.66. The first-order valence-electron chi connectivity index (χ1n) is 7.66. The molecular formula is C16H28O4. The quantitative estimate of drug-likeness (QED) is 0.461. The van der Waals surface area contributed by atoms with E-state index in [4.69, 9.17) is 9.84 Å². The molecular weight excluding hydrogens is 256 g/mol. The monoisotopic (exact) mass is 284 g/mol. The summed E-state index contributed by atoms with van der Waals surface area (Å²) in [5, 5.41) is 8.51. The summed E-state index contributed by atoms with van der Waals surface area (Å²) >= 11 is 0. The van der Waals surface area contributed by atoms with Crippen molar-refractivity contribution in [2.24, 2.45) is 5.92 Å². The van der Waals surface area contributed by atoms with Gasteiger partial charge in [0, 0.05) is 12.2 Å². The first-order chi connectivity index (χ1) is 9.54. The SMILES string of the molecule is CCCCC(CC)C(CCCC)OC(=O)C=CC(=O)O. The van der Waals surface area contributed by atoms with Crippen LogP contribution in [-0.4, -0.2) is 23.1 Å². The fraction of sp³-hybridized carbons (Fsp3) is 0.750. The molecule has 116 valence electrons. The van der Waals surface area contributed by atoms with Gasteiger partial charge in [0.1, 0.15) is 6.10 Å². The Labute approximate surface area is 122 Å². The van der Waals surface area contributed by atoms with Gasteiger partial charge < -0.3 is 9.84 Å². The summed E-state index contributed by atoms with van der Waals surface area (Å²) in [6.45, 7) is 6.37. The Bertz CT molecular complexity index is 310. The largest absolute Gasteiger partial charge is 0.478 e. The number of carbonyl (C=O) groups excluding carboxylic acids is 1. The van der Waals surface area contributed by atoms with Crippen LogP contribution in [0, 0.1) is 5.92 Å². The molecule has 0 rings (SSSR count).